The highest BCUT2D eigenvalue weighted by Gasteiger charge is 2.18. The van der Waals surface area contributed by atoms with Crippen molar-refractivity contribution in [1.29, 1.82) is 0 Å². The molecule has 0 aliphatic carbocycles. The molecular formula is C11H14N2O2S2. The van der Waals surface area contributed by atoms with Gasteiger partial charge in [0, 0.05) is 25.1 Å². The van der Waals surface area contributed by atoms with E-state index in [1.54, 1.807) is 19.3 Å². The van der Waals surface area contributed by atoms with Crippen LogP contribution in [0.2, 0.25) is 0 Å². The molecule has 0 aliphatic heterocycles. The lowest BCUT2D eigenvalue weighted by molar-refractivity contribution is -0.139. The van der Waals surface area contributed by atoms with Crippen molar-refractivity contribution >= 4 is 40.0 Å². The minimum Gasteiger partial charge on any atom is -0.468 e. The number of esters is 1. The summed E-state index contributed by atoms with van der Waals surface area (Å²) in [5.74, 6) is -0.277. The van der Waals surface area contributed by atoms with E-state index >= 15 is 0 Å². The Morgan fingerprint density at radius 1 is 1.53 bits per heavy atom. The Kier molecular flexibility index (Phi) is 5.37. The Hall–Kier alpha value is -1.14. The number of carbonyl (C=O) groups is 1. The number of rotatable bonds is 3. The Bertz CT molecular complexity index is 398. The minimum absolute atomic E-state index is 0.277. The van der Waals surface area contributed by atoms with Crippen LogP contribution in [0.5, 0.6) is 0 Å². The third kappa shape index (κ3) is 3.98. The van der Waals surface area contributed by atoms with Crippen molar-refractivity contribution in [2.45, 2.75) is 12.2 Å². The van der Waals surface area contributed by atoms with Crippen molar-refractivity contribution in [1.82, 2.24) is 4.98 Å². The predicted octanol–water partition coefficient (Wildman–Crippen LogP) is 2.10. The molecule has 1 rings (SSSR count). The molecule has 0 spiro atoms. The van der Waals surface area contributed by atoms with Crippen LogP contribution in [0.3, 0.4) is 0 Å². The lowest BCUT2D eigenvalue weighted by atomic mass is 10.4. The SMILES string of the molecule is COC(=O)C(C)SC(=S)N(C)c1ccncc1. The molecule has 1 heterocycles. The molecule has 1 aromatic rings. The molecule has 6 heteroatoms. The fourth-order valence-corrected chi connectivity index (χ4v) is 2.41. The van der Waals surface area contributed by atoms with Crippen molar-refractivity contribution in [2.75, 3.05) is 19.1 Å². The molecular weight excluding hydrogens is 256 g/mol. The Morgan fingerprint density at radius 2 is 2.12 bits per heavy atom. The molecule has 1 unspecified atom stereocenters. The molecule has 92 valence electrons. The first-order valence-electron chi connectivity index (χ1n) is 4.98. The van der Waals surface area contributed by atoms with Gasteiger partial charge in [0.15, 0.2) is 0 Å². The second-order valence-electron chi connectivity index (χ2n) is 3.31. The molecule has 4 nitrogen and oxygen atoms in total. The zero-order chi connectivity index (χ0) is 12.8. The van der Waals surface area contributed by atoms with Crippen molar-refractivity contribution < 1.29 is 9.53 Å². The monoisotopic (exact) mass is 270 g/mol. The molecule has 17 heavy (non-hydrogen) atoms. The van der Waals surface area contributed by atoms with Crippen LogP contribution in [-0.2, 0) is 9.53 Å². The highest BCUT2D eigenvalue weighted by molar-refractivity contribution is 8.24. The number of ether oxygens (including phenoxy) is 1. The van der Waals surface area contributed by atoms with Crippen LogP contribution in [0.1, 0.15) is 6.92 Å². The average Bonchev–Trinajstić information content (AvgIpc) is 2.37. The molecule has 0 radical (unpaired) electrons. The van der Waals surface area contributed by atoms with Gasteiger partial charge in [-0.15, -0.1) is 0 Å². The van der Waals surface area contributed by atoms with Gasteiger partial charge >= 0.3 is 5.97 Å². The number of anilines is 1. The van der Waals surface area contributed by atoms with Crippen LogP contribution < -0.4 is 4.90 Å². The summed E-state index contributed by atoms with van der Waals surface area (Å²) in [7, 11) is 3.23. The van der Waals surface area contributed by atoms with Crippen molar-refractivity contribution in [3.63, 3.8) is 0 Å². The van der Waals surface area contributed by atoms with E-state index in [1.165, 1.54) is 18.9 Å². The normalized spacial score (nSPS) is 11.7. The van der Waals surface area contributed by atoms with Gasteiger partial charge in [-0.2, -0.15) is 0 Å². The van der Waals surface area contributed by atoms with Gasteiger partial charge in [0.05, 0.1) is 7.11 Å². The Morgan fingerprint density at radius 3 is 2.65 bits per heavy atom. The molecule has 0 bridgehead atoms. The first-order chi connectivity index (χ1) is 8.06. The average molecular weight is 270 g/mol. The Balaban J connectivity index is 2.62. The predicted molar refractivity (Wildman–Crippen MR) is 74.3 cm³/mol. The van der Waals surface area contributed by atoms with Crippen LogP contribution in [0.25, 0.3) is 0 Å². The van der Waals surface area contributed by atoms with Gasteiger partial charge < -0.3 is 9.64 Å². The summed E-state index contributed by atoms with van der Waals surface area (Å²) in [5, 5.41) is -0.309. The lowest BCUT2D eigenvalue weighted by Crippen LogP contribution is -2.26. The topological polar surface area (TPSA) is 42.4 Å². The molecule has 0 saturated carbocycles. The number of methoxy groups -OCH3 is 1. The second-order valence-corrected chi connectivity index (χ2v) is 5.29. The third-order valence-electron chi connectivity index (χ3n) is 2.13. The molecule has 0 N–H and O–H groups in total. The summed E-state index contributed by atoms with van der Waals surface area (Å²) in [6, 6.07) is 3.71. The van der Waals surface area contributed by atoms with Crippen LogP contribution in [-0.4, -0.2) is 34.7 Å². The maximum absolute atomic E-state index is 11.3. The minimum atomic E-state index is -0.309. The first kappa shape index (κ1) is 13.9. The zero-order valence-electron chi connectivity index (χ0n) is 9.91. The molecule has 1 atom stereocenters. The Labute approximate surface area is 110 Å². The number of pyridine rings is 1. The number of hydrogen-bond acceptors (Lipinski definition) is 5. The van der Waals surface area contributed by atoms with Crippen LogP contribution >= 0.6 is 24.0 Å². The summed E-state index contributed by atoms with van der Waals surface area (Å²) < 4.78 is 5.27. The van der Waals surface area contributed by atoms with E-state index in [2.05, 4.69) is 9.72 Å². The fraction of sp³-hybridized carbons (Fsp3) is 0.364. The largest absolute Gasteiger partial charge is 0.468 e. The van der Waals surface area contributed by atoms with E-state index in [4.69, 9.17) is 12.2 Å². The fourth-order valence-electron chi connectivity index (χ4n) is 1.12. The van der Waals surface area contributed by atoms with Gasteiger partial charge in [-0.3, -0.25) is 9.78 Å². The van der Waals surface area contributed by atoms with Crippen LogP contribution in [0, 0.1) is 0 Å². The van der Waals surface area contributed by atoms with Gasteiger partial charge in [0.2, 0.25) is 0 Å². The molecule has 0 aromatic carbocycles. The lowest BCUT2D eigenvalue weighted by Gasteiger charge is -2.20. The smallest absolute Gasteiger partial charge is 0.318 e. The van der Waals surface area contributed by atoms with Gasteiger partial charge in [-0.1, -0.05) is 24.0 Å². The summed E-state index contributed by atoms with van der Waals surface area (Å²) in [5.41, 5.74) is 0.939. The maximum Gasteiger partial charge on any atom is 0.318 e. The number of aromatic nitrogens is 1. The molecule has 0 amide bonds. The van der Waals surface area contributed by atoms with Gasteiger partial charge in [-0.05, 0) is 19.1 Å². The third-order valence-corrected chi connectivity index (χ3v) is 3.72. The number of nitrogens with zero attached hydrogens (tertiary/aromatic N) is 2. The summed E-state index contributed by atoms with van der Waals surface area (Å²) in [4.78, 5) is 17.0. The van der Waals surface area contributed by atoms with Crippen molar-refractivity contribution in [3.8, 4) is 0 Å². The van der Waals surface area contributed by atoms with E-state index in [0.717, 1.165) is 5.69 Å². The maximum atomic E-state index is 11.3. The highest BCUT2D eigenvalue weighted by atomic mass is 32.2. The van der Waals surface area contributed by atoms with E-state index in [1.807, 2.05) is 24.1 Å². The summed E-state index contributed by atoms with van der Waals surface area (Å²) >= 11 is 6.56. The first-order valence-corrected chi connectivity index (χ1v) is 6.27. The summed E-state index contributed by atoms with van der Waals surface area (Å²) in [6.45, 7) is 1.77. The highest BCUT2D eigenvalue weighted by Crippen LogP contribution is 2.21. The summed E-state index contributed by atoms with van der Waals surface area (Å²) in [6.07, 6.45) is 3.39. The number of thiocarbonyl (C=S) groups is 1. The van der Waals surface area contributed by atoms with E-state index in [-0.39, 0.29) is 11.2 Å². The van der Waals surface area contributed by atoms with E-state index in [9.17, 15) is 4.79 Å². The van der Waals surface area contributed by atoms with E-state index in [0.29, 0.717) is 4.32 Å². The van der Waals surface area contributed by atoms with Crippen molar-refractivity contribution in [3.05, 3.63) is 24.5 Å². The number of hydrogen-bond donors (Lipinski definition) is 0. The zero-order valence-corrected chi connectivity index (χ0v) is 11.5. The number of carbonyl (C=O) groups excluding carboxylic acids is 1. The van der Waals surface area contributed by atoms with Crippen LogP contribution in [0.15, 0.2) is 24.5 Å². The van der Waals surface area contributed by atoms with Crippen LogP contribution in [0.4, 0.5) is 5.69 Å². The van der Waals surface area contributed by atoms with Crippen molar-refractivity contribution in [2.24, 2.45) is 0 Å². The molecule has 0 saturated heterocycles. The quantitative estimate of drug-likeness (QED) is 0.619. The van der Waals surface area contributed by atoms with E-state index < -0.39 is 0 Å². The van der Waals surface area contributed by atoms with Gasteiger partial charge in [-0.25, -0.2) is 0 Å². The molecule has 0 fully saturated rings. The standard InChI is InChI=1S/C11H14N2O2S2/c1-8(10(14)15-3)17-11(16)13(2)9-4-6-12-7-5-9/h4-8H,1-3H3. The second kappa shape index (κ2) is 6.56. The number of thioether (sulfide) groups is 1. The molecule has 0 aliphatic rings. The molecule has 1 aromatic heterocycles. The van der Waals surface area contributed by atoms with Gasteiger partial charge in [0.1, 0.15) is 9.57 Å². The van der Waals surface area contributed by atoms with Gasteiger partial charge in [0.25, 0.3) is 0 Å².